The van der Waals surface area contributed by atoms with Crippen molar-refractivity contribution in [2.45, 2.75) is 112 Å². The Bertz CT molecular complexity index is 1550. The number of carbonyl (C=O) groups excluding carboxylic acids is 2. The molecule has 0 aromatic heterocycles. The van der Waals surface area contributed by atoms with E-state index in [0.717, 1.165) is 18.7 Å². The van der Waals surface area contributed by atoms with Gasteiger partial charge in [0.1, 0.15) is 6.17 Å². The molecule has 7 nitrogen and oxygen atoms in total. The number of anilines is 3. The average Bonchev–Trinajstić information content (AvgIpc) is 3.52. The van der Waals surface area contributed by atoms with Gasteiger partial charge >= 0.3 is 135 Å². The molecule has 3 aromatic rings. The molecular weight excluding hydrogens is 782 g/mol. The third kappa shape index (κ3) is 11.1. The van der Waals surface area contributed by atoms with Crippen LogP contribution in [-0.4, -0.2) is 54.3 Å². The third-order valence-corrected chi connectivity index (χ3v) is 10.4. The van der Waals surface area contributed by atoms with E-state index in [1.165, 1.54) is 33.6 Å². The Hall–Kier alpha value is -2.93. The molecule has 1 saturated heterocycles. The normalized spacial score (nSPS) is 13.7. The number of benzene rings is 3. The van der Waals surface area contributed by atoms with Crippen molar-refractivity contribution in [1.29, 1.82) is 0 Å². The van der Waals surface area contributed by atoms with Gasteiger partial charge in [-0.3, -0.25) is 0 Å². The van der Waals surface area contributed by atoms with Crippen LogP contribution >= 0.6 is 21.3 Å². The van der Waals surface area contributed by atoms with Gasteiger partial charge in [-0.25, -0.2) is 0 Å². The molecule has 0 aliphatic carbocycles. The summed E-state index contributed by atoms with van der Waals surface area (Å²) in [5.41, 5.74) is 9.84. The number of carbonyl (C=O) groups is 2. The van der Waals surface area contributed by atoms with Crippen molar-refractivity contribution in [2.75, 3.05) is 40.7 Å². The number of esters is 1. The number of hydrogen-bond acceptors (Lipinski definition) is 6. The number of ether oxygens (including phenoxy) is 2. The molecule has 287 valence electrons. The first-order valence-electron chi connectivity index (χ1n) is 18.4. The van der Waals surface area contributed by atoms with Crippen LogP contribution in [0.1, 0.15) is 128 Å². The number of amides is 1. The summed E-state index contributed by atoms with van der Waals surface area (Å²) in [5, 5.41) is 2.48. The van der Waals surface area contributed by atoms with E-state index in [0.29, 0.717) is 41.0 Å². The van der Waals surface area contributed by atoms with Crippen molar-refractivity contribution in [1.82, 2.24) is 0 Å². The monoisotopic (exact) mass is 840 g/mol. The summed E-state index contributed by atoms with van der Waals surface area (Å²) in [6.07, 6.45) is 0.194. The third-order valence-electron chi connectivity index (χ3n) is 8.94. The predicted octanol–water partition coefficient (Wildman–Crippen LogP) is 10.4. The molecule has 3 aromatic carbocycles. The number of alkyl halides is 1. The molecule has 1 amide bonds. The molecule has 0 radical (unpaired) electrons. The van der Waals surface area contributed by atoms with E-state index >= 15 is 0 Å². The van der Waals surface area contributed by atoms with Gasteiger partial charge in [-0.2, -0.15) is 0 Å². The molecule has 52 heavy (non-hydrogen) atoms. The molecule has 0 saturated carbocycles. The number of nitrogens with zero attached hydrogens (tertiary/aromatic N) is 2. The van der Waals surface area contributed by atoms with Gasteiger partial charge in [0.15, 0.2) is 0 Å². The fourth-order valence-corrected chi connectivity index (χ4v) is 7.97. The first-order valence-corrected chi connectivity index (χ1v) is 22.1. The van der Waals surface area contributed by atoms with Crippen LogP contribution in [0.4, 0.5) is 17.1 Å². The summed E-state index contributed by atoms with van der Waals surface area (Å²) in [6.45, 7) is 26.1. The molecule has 1 heterocycles. The van der Waals surface area contributed by atoms with Crippen molar-refractivity contribution < 1.29 is 34.7 Å². The van der Waals surface area contributed by atoms with E-state index in [1.54, 1.807) is 25.1 Å². The van der Waals surface area contributed by atoms with Crippen molar-refractivity contribution in [3.63, 3.8) is 0 Å². The number of hydrogen-bond donors (Lipinski definition) is 1. The van der Waals surface area contributed by atoms with Crippen LogP contribution in [0.3, 0.4) is 0 Å². The molecule has 0 unspecified atom stereocenters. The van der Waals surface area contributed by atoms with E-state index in [-0.39, 0.29) is 18.9 Å². The van der Waals surface area contributed by atoms with Crippen LogP contribution in [-0.2, 0) is 30.0 Å². The zero-order valence-corrected chi connectivity index (χ0v) is 36.0. The van der Waals surface area contributed by atoms with Gasteiger partial charge in [0, 0.05) is 24.5 Å². The molecule has 0 bridgehead atoms. The zero-order valence-electron chi connectivity index (χ0n) is 32.7. The van der Waals surface area contributed by atoms with Gasteiger partial charge in [0.25, 0.3) is 0 Å². The number of halogens is 2. The molecule has 10 heteroatoms. The van der Waals surface area contributed by atoms with Crippen LogP contribution in [0.5, 0.6) is 5.75 Å². The van der Waals surface area contributed by atoms with E-state index in [2.05, 4.69) is 112 Å². The average molecular weight is 841 g/mol. The van der Waals surface area contributed by atoms with Crippen molar-refractivity contribution in [3.05, 3.63) is 82.4 Å². The van der Waals surface area contributed by atoms with E-state index < -0.39 is 27.6 Å². The van der Waals surface area contributed by atoms with Crippen molar-refractivity contribution in [2.24, 2.45) is 0 Å². The number of rotatable bonds is 12. The summed E-state index contributed by atoms with van der Waals surface area (Å²) >= 11 is 6.30. The molecule has 1 fully saturated rings. The van der Waals surface area contributed by atoms with Gasteiger partial charge in [0.2, 0.25) is 0 Å². The standard InChI is InChI=1S/C28H41ClN2.C14H17NO4.ClH.Ru/c1-18(2)22-11-9-12-23(19(3)4)27(22)30-15-16-31(26(30)17-29)28-24(20(5)6)13-10-14-25(28)21(7)8;1-5-18-14(17)13(16)15-11-6-7-12(10(4)8-11)19-9(2)3;;/h9-14,18-21,26H,15-17H2,1-8H3;4,6-9H,5H2,1-3H3,(H,15,16);1H;/q;;;+1/p-1. The first kappa shape index (κ1) is 43.5. The maximum atomic E-state index is 11.6. The molecule has 0 atom stereocenters. The number of nitrogens with one attached hydrogen (secondary N) is 1. The minimum atomic E-state index is -0.908. The Kier molecular flexibility index (Phi) is 17.1. The zero-order chi connectivity index (χ0) is 38.7. The fraction of sp³-hybridized carbons (Fsp3) is 0.500. The summed E-state index contributed by atoms with van der Waals surface area (Å²) in [6, 6.07) is 18.8. The molecule has 4 rings (SSSR count). The van der Waals surface area contributed by atoms with Gasteiger partial charge in [0.05, 0.1) is 5.88 Å². The van der Waals surface area contributed by atoms with E-state index in [1.807, 2.05) is 18.5 Å². The minimum absolute atomic E-state index is 0.0308. The molecule has 1 aliphatic heterocycles. The van der Waals surface area contributed by atoms with E-state index in [4.69, 9.17) is 26.0 Å². The summed E-state index contributed by atoms with van der Waals surface area (Å²) in [5.74, 6) is 1.48. The molecule has 1 N–H and O–H groups in total. The number of para-hydroxylation sites is 2. The van der Waals surface area contributed by atoms with Gasteiger partial charge < -0.3 is 9.80 Å². The van der Waals surface area contributed by atoms with Crippen LogP contribution in [0.25, 0.3) is 0 Å². The Morgan fingerprint density at radius 2 is 1.27 bits per heavy atom. The Labute approximate surface area is 328 Å². The van der Waals surface area contributed by atoms with Crippen molar-refractivity contribution in [3.8, 4) is 5.75 Å². The molecule has 0 spiro atoms. The van der Waals surface area contributed by atoms with Gasteiger partial charge in [-0.15, -0.1) is 11.6 Å². The van der Waals surface area contributed by atoms with Gasteiger partial charge in [-0.05, 0) is 45.9 Å². The second-order valence-electron chi connectivity index (χ2n) is 14.5. The van der Waals surface area contributed by atoms with Gasteiger partial charge in [-0.1, -0.05) is 91.8 Å². The van der Waals surface area contributed by atoms with Crippen LogP contribution in [0.2, 0.25) is 0 Å². The van der Waals surface area contributed by atoms with Crippen LogP contribution < -0.4 is 19.9 Å². The van der Waals surface area contributed by atoms with Crippen LogP contribution in [0, 0.1) is 0 Å². The predicted molar refractivity (Wildman–Crippen MR) is 217 cm³/mol. The van der Waals surface area contributed by atoms with E-state index in [9.17, 15) is 9.59 Å². The SMILES string of the molecule is CC(C)c1cccc(C(C)C)c1N1CCN(c2c(C(C)C)cccc2C(C)C)C1CCl.CCOC(=O)C(=O)Nc1ccc(OC(C)C)c([CH]=[Ru][Cl])c1. The summed E-state index contributed by atoms with van der Waals surface area (Å²) in [7, 11) is 5.81. The Balaban J connectivity index is 0.000000304. The quantitative estimate of drug-likeness (QED) is 0.0848. The molecule has 1 aliphatic rings. The van der Waals surface area contributed by atoms with Crippen molar-refractivity contribution >= 4 is 54.8 Å². The second kappa shape index (κ2) is 20.5. The molecular formula is C42H58Cl2N3O4Ru. The topological polar surface area (TPSA) is 71.1 Å². The van der Waals surface area contributed by atoms with Crippen LogP contribution in [0.15, 0.2) is 54.6 Å². The first-order chi connectivity index (χ1) is 24.7. The Morgan fingerprint density at radius 3 is 1.63 bits per heavy atom. The maximum absolute atomic E-state index is 11.6. The second-order valence-corrected chi connectivity index (χ2v) is 16.6. The Morgan fingerprint density at radius 1 is 0.808 bits per heavy atom. The summed E-state index contributed by atoms with van der Waals surface area (Å²) in [4.78, 5) is 28.1. The summed E-state index contributed by atoms with van der Waals surface area (Å²) < 4.78 is 12.1. The fourth-order valence-electron chi connectivity index (χ4n) is 6.54.